The van der Waals surface area contributed by atoms with Crippen LogP contribution in [0.3, 0.4) is 0 Å². The zero-order chi connectivity index (χ0) is 8.85. The lowest BCUT2D eigenvalue weighted by atomic mass is 10.3. The van der Waals surface area contributed by atoms with Crippen LogP contribution in [0, 0.1) is 0 Å². The first kappa shape index (κ1) is 12.0. The van der Waals surface area contributed by atoms with Crippen molar-refractivity contribution in [3.8, 4) is 0 Å². The Labute approximate surface area is 92.8 Å². The molecule has 0 N–H and O–H groups in total. The number of hydrogen-bond acceptors (Lipinski definition) is 2. The second-order valence-electron chi connectivity index (χ2n) is 2.30. The predicted molar refractivity (Wildman–Crippen MR) is 66.3 cm³/mol. The van der Waals surface area contributed by atoms with E-state index in [-0.39, 0.29) is 0 Å². The number of rotatable bonds is 3. The topological polar surface area (TPSA) is 3.24 Å². The van der Waals surface area contributed by atoms with Gasteiger partial charge < -0.3 is 3.11 Å². The second kappa shape index (κ2) is 6.48. The first-order valence-corrected chi connectivity index (χ1v) is 5.97. The summed E-state index contributed by atoms with van der Waals surface area (Å²) < 4.78 is 2.95. The van der Waals surface area contributed by atoms with Crippen LogP contribution in [0.4, 0.5) is 0 Å². The molecule has 0 aliphatic rings. The summed E-state index contributed by atoms with van der Waals surface area (Å²) in [5.41, 5.74) is 0. The molecule has 0 aromatic carbocycles. The summed E-state index contributed by atoms with van der Waals surface area (Å²) in [6.45, 7) is 4.41. The largest absolute Gasteiger partial charge is 0.303 e. The first-order valence-electron chi connectivity index (χ1n) is 3.71. The van der Waals surface area contributed by atoms with Crippen molar-refractivity contribution in [1.82, 2.24) is 3.11 Å². The third kappa shape index (κ3) is 5.25. The molecule has 0 amide bonds. The van der Waals surface area contributed by atoms with Crippen LogP contribution in [0.5, 0.6) is 0 Å². The molecule has 0 rings (SSSR count). The van der Waals surface area contributed by atoms with Crippen molar-refractivity contribution in [1.29, 1.82) is 0 Å². The fourth-order valence-corrected chi connectivity index (χ4v) is 2.18. The van der Waals surface area contributed by atoms with Gasteiger partial charge in [0, 0.05) is 12.3 Å². The van der Waals surface area contributed by atoms with E-state index in [2.05, 4.69) is 36.7 Å². The third-order valence-corrected chi connectivity index (χ3v) is 4.60. The zero-order valence-corrected chi connectivity index (χ0v) is 10.9. The molecular weight excluding hydrogens is 289 g/mol. The molecule has 0 saturated heterocycles. The van der Waals surface area contributed by atoms with E-state index < -0.39 is 0 Å². The molecule has 0 spiro atoms. The number of thioether (sulfide) groups is 1. The van der Waals surface area contributed by atoms with Crippen LogP contribution >= 0.6 is 46.8 Å². The lowest BCUT2D eigenvalue weighted by Crippen LogP contribution is -2.13. The lowest BCUT2D eigenvalue weighted by Gasteiger charge is -2.15. The van der Waals surface area contributed by atoms with Gasteiger partial charge in [-0.3, -0.25) is 0 Å². The quantitative estimate of drug-likeness (QED) is 0.446. The highest BCUT2D eigenvalue weighted by Crippen LogP contribution is 2.22. The molecule has 0 bridgehead atoms. The maximum Gasteiger partial charge on any atom is 0.145 e. The molecule has 0 aliphatic heterocycles. The summed E-state index contributed by atoms with van der Waals surface area (Å²) in [6.07, 6.45) is 2.40. The Balaban J connectivity index is 3.72. The molecule has 0 radical (unpaired) electrons. The molecular formula is C7H14INS2. The van der Waals surface area contributed by atoms with Crippen LogP contribution in [-0.2, 0) is 0 Å². The summed E-state index contributed by atoms with van der Waals surface area (Å²) in [5, 5.41) is 0.694. The summed E-state index contributed by atoms with van der Waals surface area (Å²) in [7, 11) is 1.98. The van der Waals surface area contributed by atoms with Crippen molar-refractivity contribution >= 4 is 51.2 Å². The smallest absolute Gasteiger partial charge is 0.145 e. The molecule has 0 aromatic heterocycles. The van der Waals surface area contributed by atoms with E-state index >= 15 is 0 Å². The molecule has 0 heterocycles. The van der Waals surface area contributed by atoms with Crippen molar-refractivity contribution in [3.63, 3.8) is 0 Å². The van der Waals surface area contributed by atoms with Crippen LogP contribution in [0.2, 0.25) is 0 Å². The van der Waals surface area contributed by atoms with Gasteiger partial charge in [0.1, 0.15) is 4.32 Å². The Kier molecular flexibility index (Phi) is 7.05. The highest BCUT2D eigenvalue weighted by Gasteiger charge is 2.09. The van der Waals surface area contributed by atoms with Crippen LogP contribution in [-0.4, -0.2) is 19.7 Å². The van der Waals surface area contributed by atoms with Gasteiger partial charge in [-0.2, -0.15) is 0 Å². The number of hydrogen-bond donors (Lipinski definition) is 0. The molecule has 1 nitrogen and oxygen atoms in total. The Morgan fingerprint density at radius 1 is 1.55 bits per heavy atom. The average Bonchev–Trinajstić information content (AvgIpc) is 1.99. The van der Waals surface area contributed by atoms with E-state index in [4.69, 9.17) is 12.2 Å². The van der Waals surface area contributed by atoms with E-state index in [1.54, 1.807) is 11.8 Å². The average molecular weight is 303 g/mol. The van der Waals surface area contributed by atoms with Gasteiger partial charge >= 0.3 is 0 Å². The van der Waals surface area contributed by atoms with E-state index in [1.807, 2.05) is 10.2 Å². The Bertz CT molecular complexity index is 124. The zero-order valence-electron chi connectivity index (χ0n) is 7.13. The molecule has 0 unspecified atom stereocenters. The van der Waals surface area contributed by atoms with Crippen molar-refractivity contribution in [2.45, 2.75) is 31.9 Å². The van der Waals surface area contributed by atoms with Crippen molar-refractivity contribution in [2.75, 3.05) is 7.05 Å². The monoisotopic (exact) mass is 303 g/mol. The molecule has 66 valence electrons. The molecule has 4 heteroatoms. The van der Waals surface area contributed by atoms with Crippen LogP contribution in [0.25, 0.3) is 0 Å². The molecule has 0 fully saturated rings. The standard InChI is InChI=1S/C7H14INS2/c1-4-6(5-2)11-7(10)9(3)8/h6H,4-5H2,1-3H3. The number of halogens is 1. The highest BCUT2D eigenvalue weighted by atomic mass is 127. The van der Waals surface area contributed by atoms with Gasteiger partial charge in [-0.05, 0) is 12.8 Å². The van der Waals surface area contributed by atoms with E-state index in [0.29, 0.717) is 5.25 Å². The summed E-state index contributed by atoms with van der Waals surface area (Å²) >= 11 is 9.18. The molecule has 0 aliphatic carbocycles. The number of thiocarbonyl (C=S) groups is 1. The van der Waals surface area contributed by atoms with Gasteiger partial charge in [0.15, 0.2) is 0 Å². The van der Waals surface area contributed by atoms with Crippen molar-refractivity contribution < 1.29 is 0 Å². The predicted octanol–water partition coefficient (Wildman–Crippen LogP) is 3.47. The minimum atomic E-state index is 0.694. The summed E-state index contributed by atoms with van der Waals surface area (Å²) in [6, 6.07) is 0. The molecule has 0 aromatic rings. The Hall–Kier alpha value is 0.970. The van der Waals surface area contributed by atoms with Crippen LogP contribution in [0.15, 0.2) is 0 Å². The fourth-order valence-electron chi connectivity index (χ4n) is 0.671. The van der Waals surface area contributed by atoms with Crippen LogP contribution in [0.1, 0.15) is 26.7 Å². The van der Waals surface area contributed by atoms with Gasteiger partial charge in [0.25, 0.3) is 0 Å². The minimum Gasteiger partial charge on any atom is -0.303 e. The van der Waals surface area contributed by atoms with Gasteiger partial charge in [-0.25, -0.2) is 0 Å². The first-order chi connectivity index (χ1) is 5.11. The second-order valence-corrected chi connectivity index (χ2v) is 5.68. The van der Waals surface area contributed by atoms with E-state index in [0.717, 1.165) is 4.32 Å². The highest BCUT2D eigenvalue weighted by molar-refractivity contribution is 14.1. The van der Waals surface area contributed by atoms with Gasteiger partial charge in [0.05, 0.1) is 22.9 Å². The summed E-state index contributed by atoms with van der Waals surface area (Å²) in [4.78, 5) is 0. The maximum absolute atomic E-state index is 5.17. The minimum absolute atomic E-state index is 0.694. The normalized spacial score (nSPS) is 10.3. The SMILES string of the molecule is CCC(CC)SC(=S)N(C)I. The van der Waals surface area contributed by atoms with Gasteiger partial charge in [0.2, 0.25) is 0 Å². The molecule has 0 atom stereocenters. The number of nitrogens with zero attached hydrogens (tertiary/aromatic N) is 1. The van der Waals surface area contributed by atoms with Crippen molar-refractivity contribution in [3.05, 3.63) is 0 Å². The maximum atomic E-state index is 5.17. The Morgan fingerprint density at radius 2 is 2.00 bits per heavy atom. The van der Waals surface area contributed by atoms with E-state index in [1.165, 1.54) is 12.8 Å². The van der Waals surface area contributed by atoms with Crippen LogP contribution < -0.4 is 0 Å². The van der Waals surface area contributed by atoms with Crippen molar-refractivity contribution in [2.24, 2.45) is 0 Å². The van der Waals surface area contributed by atoms with Gasteiger partial charge in [-0.15, -0.1) is 0 Å². The van der Waals surface area contributed by atoms with Gasteiger partial charge in [-0.1, -0.05) is 37.8 Å². The fraction of sp³-hybridized carbons (Fsp3) is 0.857. The summed E-state index contributed by atoms with van der Waals surface area (Å²) in [5.74, 6) is 0. The molecule has 0 saturated carbocycles. The Morgan fingerprint density at radius 3 is 2.27 bits per heavy atom. The molecule has 11 heavy (non-hydrogen) atoms. The van der Waals surface area contributed by atoms with E-state index in [9.17, 15) is 0 Å². The lowest BCUT2D eigenvalue weighted by molar-refractivity contribution is 0.794. The third-order valence-electron chi connectivity index (χ3n) is 1.43.